The van der Waals surface area contributed by atoms with Crippen molar-refractivity contribution in [2.24, 2.45) is 11.7 Å². The molecule has 0 spiro atoms. The summed E-state index contributed by atoms with van der Waals surface area (Å²) in [6, 6.07) is 0.215. The third-order valence-electron chi connectivity index (χ3n) is 3.20. The first-order valence-corrected chi connectivity index (χ1v) is 6.74. The Balaban J connectivity index is 2.47. The third-order valence-corrected chi connectivity index (χ3v) is 3.48. The molecule has 1 fully saturated rings. The molecule has 16 heavy (non-hydrogen) atoms. The zero-order valence-corrected chi connectivity index (χ0v) is 11.3. The largest absolute Gasteiger partial charge is 0.370 e. The van der Waals surface area contributed by atoms with Gasteiger partial charge in [-0.25, -0.2) is 0 Å². The molecule has 1 atom stereocenters. The van der Waals surface area contributed by atoms with Crippen LogP contribution in [0.5, 0.6) is 0 Å². The molecule has 0 bridgehead atoms. The van der Waals surface area contributed by atoms with Gasteiger partial charge in [0, 0.05) is 23.5 Å². The maximum atomic E-state index is 11.0. The second-order valence-corrected chi connectivity index (χ2v) is 5.69. The number of hydrogen-bond acceptors (Lipinski definition) is 2. The summed E-state index contributed by atoms with van der Waals surface area (Å²) in [6.45, 7) is 4.49. The summed E-state index contributed by atoms with van der Waals surface area (Å²) in [5.74, 6) is 0.372. The summed E-state index contributed by atoms with van der Waals surface area (Å²) in [6.07, 6.45) is 6.73. The fourth-order valence-corrected chi connectivity index (χ4v) is 2.56. The van der Waals surface area contributed by atoms with Gasteiger partial charge >= 0.3 is 0 Å². The Morgan fingerprint density at radius 1 is 1.44 bits per heavy atom. The normalized spacial score (nSPS) is 19.3. The maximum absolute atomic E-state index is 11.0. The molecular weight excluding hydrogens is 268 g/mol. The molecule has 92 valence electrons. The highest BCUT2D eigenvalue weighted by Gasteiger charge is 2.24. The zero-order chi connectivity index (χ0) is 12.0. The van der Waals surface area contributed by atoms with Crippen LogP contribution in [0.25, 0.3) is 0 Å². The molecule has 0 aliphatic heterocycles. The van der Waals surface area contributed by atoms with Crippen molar-refractivity contribution >= 4 is 21.8 Å². The number of nitrogens with two attached hydrogens (primary N) is 1. The first kappa shape index (κ1) is 13.7. The molecule has 3 N–H and O–H groups in total. The number of primary amides is 1. The minimum Gasteiger partial charge on any atom is -0.370 e. The first-order chi connectivity index (χ1) is 7.59. The molecule has 3 nitrogen and oxygen atoms in total. The molecule has 0 radical (unpaired) electrons. The van der Waals surface area contributed by atoms with Gasteiger partial charge < -0.3 is 11.1 Å². The standard InChI is InChI=1S/C12H21BrN2O/c1-9(13)8-15-11(7-12(14)16)10-5-3-2-4-6-10/h10-11,15H,1-8H2,(H2,14,16)/t11-/m0/s1. The minimum absolute atomic E-state index is 0.215. The van der Waals surface area contributed by atoms with E-state index in [1.807, 2.05) is 0 Å². The lowest BCUT2D eigenvalue weighted by molar-refractivity contribution is -0.118. The van der Waals surface area contributed by atoms with Crippen molar-refractivity contribution in [3.8, 4) is 0 Å². The lowest BCUT2D eigenvalue weighted by Crippen LogP contribution is -2.40. The van der Waals surface area contributed by atoms with Crippen LogP contribution in [0.2, 0.25) is 0 Å². The molecule has 1 aliphatic carbocycles. The molecular formula is C12H21BrN2O. The van der Waals surface area contributed by atoms with Crippen LogP contribution in [-0.2, 0) is 4.79 Å². The Morgan fingerprint density at radius 3 is 2.56 bits per heavy atom. The second kappa shape index (κ2) is 7.07. The summed E-state index contributed by atoms with van der Waals surface area (Å²) in [5, 5.41) is 3.37. The van der Waals surface area contributed by atoms with Crippen LogP contribution in [0, 0.1) is 5.92 Å². The fraction of sp³-hybridized carbons (Fsp3) is 0.750. The highest BCUT2D eigenvalue weighted by Crippen LogP contribution is 2.27. The van der Waals surface area contributed by atoms with Gasteiger partial charge in [0.05, 0.1) is 0 Å². The van der Waals surface area contributed by atoms with E-state index in [2.05, 4.69) is 27.8 Å². The molecule has 4 heteroatoms. The predicted octanol–water partition coefficient (Wildman–Crippen LogP) is 2.31. The SMILES string of the molecule is C=C(Br)CN[C@@H](CC(N)=O)C1CCCCC1. The summed E-state index contributed by atoms with van der Waals surface area (Å²) in [5.41, 5.74) is 5.29. The van der Waals surface area contributed by atoms with Gasteiger partial charge in [-0.2, -0.15) is 0 Å². The Bertz CT molecular complexity index is 249. The van der Waals surface area contributed by atoms with Crippen LogP contribution in [-0.4, -0.2) is 18.5 Å². The topological polar surface area (TPSA) is 55.1 Å². The highest BCUT2D eigenvalue weighted by atomic mass is 79.9. The molecule has 0 aromatic heterocycles. The highest BCUT2D eigenvalue weighted by molar-refractivity contribution is 9.11. The number of hydrogen-bond donors (Lipinski definition) is 2. The molecule has 0 aromatic rings. The van der Waals surface area contributed by atoms with Crippen molar-refractivity contribution in [3.05, 3.63) is 11.1 Å². The Hall–Kier alpha value is -0.350. The molecule has 1 amide bonds. The Kier molecular flexibility index (Phi) is 6.06. The number of nitrogens with one attached hydrogen (secondary N) is 1. The van der Waals surface area contributed by atoms with E-state index in [1.54, 1.807) is 0 Å². The second-order valence-electron chi connectivity index (χ2n) is 4.57. The average molecular weight is 289 g/mol. The lowest BCUT2D eigenvalue weighted by atomic mass is 9.82. The van der Waals surface area contributed by atoms with E-state index in [1.165, 1.54) is 32.1 Å². The van der Waals surface area contributed by atoms with Crippen LogP contribution in [0.3, 0.4) is 0 Å². The van der Waals surface area contributed by atoms with E-state index in [0.717, 1.165) is 4.48 Å². The van der Waals surface area contributed by atoms with Crippen molar-refractivity contribution in [2.75, 3.05) is 6.54 Å². The van der Waals surface area contributed by atoms with E-state index in [4.69, 9.17) is 5.73 Å². The molecule has 1 saturated carbocycles. The quantitative estimate of drug-likeness (QED) is 0.788. The summed E-state index contributed by atoms with van der Waals surface area (Å²) in [7, 11) is 0. The van der Waals surface area contributed by atoms with E-state index < -0.39 is 0 Å². The van der Waals surface area contributed by atoms with Gasteiger partial charge in [-0.05, 0) is 18.8 Å². The molecule has 0 saturated heterocycles. The van der Waals surface area contributed by atoms with Gasteiger partial charge in [-0.3, -0.25) is 4.79 Å². The third kappa shape index (κ3) is 5.12. The monoisotopic (exact) mass is 288 g/mol. The maximum Gasteiger partial charge on any atom is 0.218 e. The van der Waals surface area contributed by atoms with Crippen LogP contribution in [0.15, 0.2) is 11.1 Å². The fourth-order valence-electron chi connectivity index (χ4n) is 2.40. The molecule has 0 aromatic carbocycles. The van der Waals surface area contributed by atoms with Crippen molar-refractivity contribution < 1.29 is 4.79 Å². The molecule has 1 aliphatic rings. The van der Waals surface area contributed by atoms with Crippen molar-refractivity contribution in [2.45, 2.75) is 44.6 Å². The van der Waals surface area contributed by atoms with Gasteiger partial charge in [0.1, 0.15) is 0 Å². The summed E-state index contributed by atoms with van der Waals surface area (Å²) < 4.78 is 0.915. The number of carbonyl (C=O) groups excluding carboxylic acids is 1. The number of amides is 1. The minimum atomic E-state index is -0.219. The van der Waals surface area contributed by atoms with Crippen LogP contribution < -0.4 is 11.1 Å². The number of rotatable bonds is 6. The van der Waals surface area contributed by atoms with E-state index in [9.17, 15) is 4.79 Å². The molecule has 1 rings (SSSR count). The van der Waals surface area contributed by atoms with Crippen molar-refractivity contribution in [3.63, 3.8) is 0 Å². The van der Waals surface area contributed by atoms with Gasteiger partial charge in [-0.15, -0.1) is 0 Å². The van der Waals surface area contributed by atoms with Crippen molar-refractivity contribution in [1.82, 2.24) is 5.32 Å². The average Bonchev–Trinajstić information content (AvgIpc) is 2.25. The van der Waals surface area contributed by atoms with E-state index in [0.29, 0.717) is 18.9 Å². The van der Waals surface area contributed by atoms with Gasteiger partial charge in [0.25, 0.3) is 0 Å². The van der Waals surface area contributed by atoms with Crippen molar-refractivity contribution in [1.29, 1.82) is 0 Å². The Morgan fingerprint density at radius 2 is 2.06 bits per heavy atom. The predicted molar refractivity (Wildman–Crippen MR) is 70.2 cm³/mol. The van der Waals surface area contributed by atoms with Crippen LogP contribution in [0.4, 0.5) is 0 Å². The summed E-state index contributed by atoms with van der Waals surface area (Å²) >= 11 is 3.32. The zero-order valence-electron chi connectivity index (χ0n) is 9.68. The molecule has 0 heterocycles. The van der Waals surface area contributed by atoms with Gasteiger partial charge in [-0.1, -0.05) is 41.8 Å². The molecule has 0 unspecified atom stereocenters. The summed E-state index contributed by atoms with van der Waals surface area (Å²) in [4.78, 5) is 11.0. The van der Waals surface area contributed by atoms with Gasteiger partial charge in [0.15, 0.2) is 0 Å². The smallest absolute Gasteiger partial charge is 0.218 e. The van der Waals surface area contributed by atoms with Gasteiger partial charge in [0.2, 0.25) is 5.91 Å². The van der Waals surface area contributed by atoms with Crippen LogP contribution >= 0.6 is 15.9 Å². The Labute approximate surface area is 106 Å². The number of halogens is 1. The van der Waals surface area contributed by atoms with E-state index in [-0.39, 0.29) is 11.9 Å². The first-order valence-electron chi connectivity index (χ1n) is 5.94. The van der Waals surface area contributed by atoms with E-state index >= 15 is 0 Å². The number of carbonyl (C=O) groups is 1. The van der Waals surface area contributed by atoms with Crippen LogP contribution in [0.1, 0.15) is 38.5 Å². The lowest BCUT2D eigenvalue weighted by Gasteiger charge is -2.30.